The topological polar surface area (TPSA) is 77.5 Å². The molecule has 8 nitrogen and oxygen atoms in total. The molecule has 4 aromatic rings. The van der Waals surface area contributed by atoms with Crippen LogP contribution in [0.1, 0.15) is 98.3 Å². The molecule has 0 bridgehead atoms. The highest BCUT2D eigenvalue weighted by Crippen LogP contribution is 2.39. The molecule has 2 amide bonds. The number of methoxy groups -OCH3 is 2. The first-order chi connectivity index (χ1) is 28.0. The van der Waals surface area contributed by atoms with Crippen LogP contribution in [0.25, 0.3) is 0 Å². The Hall–Kier alpha value is -5.26. The lowest BCUT2D eigenvalue weighted by Crippen LogP contribution is -2.25. The van der Waals surface area contributed by atoms with Crippen molar-refractivity contribution in [1.82, 2.24) is 9.80 Å². The fourth-order valence-electron chi connectivity index (χ4n) is 8.52. The lowest BCUT2D eigenvalue weighted by Gasteiger charge is -2.19. The average Bonchev–Trinajstić information content (AvgIpc) is 4.03. The molecule has 4 aliphatic rings. The molecule has 0 N–H and O–H groups in total. The van der Waals surface area contributed by atoms with E-state index in [-0.39, 0.29) is 48.9 Å². The molecular formula is C46H50F4N2O6. The minimum Gasteiger partial charge on any atom is -0.493 e. The number of hydrogen-bond donors (Lipinski definition) is 0. The van der Waals surface area contributed by atoms with Gasteiger partial charge in [0.2, 0.25) is 11.8 Å². The monoisotopic (exact) mass is 802 g/mol. The Labute approximate surface area is 337 Å². The molecule has 0 unspecified atom stereocenters. The number of benzene rings is 4. The van der Waals surface area contributed by atoms with Gasteiger partial charge in [-0.2, -0.15) is 0 Å². The van der Waals surface area contributed by atoms with Gasteiger partial charge >= 0.3 is 0 Å². The molecule has 0 aromatic heterocycles. The van der Waals surface area contributed by atoms with Crippen LogP contribution >= 0.6 is 0 Å². The summed E-state index contributed by atoms with van der Waals surface area (Å²) < 4.78 is 77.2. The second kappa shape index (κ2) is 18.6. The van der Waals surface area contributed by atoms with Crippen molar-refractivity contribution in [3.63, 3.8) is 0 Å². The van der Waals surface area contributed by atoms with E-state index in [0.717, 1.165) is 54.7 Å². The third kappa shape index (κ3) is 10.1. The zero-order chi connectivity index (χ0) is 40.8. The zero-order valence-corrected chi connectivity index (χ0v) is 33.0. The lowest BCUT2D eigenvalue weighted by atomic mass is 9.98. The fraction of sp³-hybridized carbons (Fsp3) is 0.435. The van der Waals surface area contributed by atoms with Crippen molar-refractivity contribution < 1.29 is 46.1 Å². The number of halogens is 4. The Morgan fingerprint density at radius 1 is 0.552 bits per heavy atom. The summed E-state index contributed by atoms with van der Waals surface area (Å²) in [6.45, 7) is 1.34. The summed E-state index contributed by atoms with van der Waals surface area (Å²) in [5.41, 5.74) is 2.80. The predicted octanol–water partition coefficient (Wildman–Crippen LogP) is 9.62. The summed E-state index contributed by atoms with van der Waals surface area (Å²) in [6, 6.07) is 18.5. The molecule has 58 heavy (non-hydrogen) atoms. The Bertz CT molecular complexity index is 2070. The number of carbonyl (C=O) groups is 2. The van der Waals surface area contributed by atoms with Crippen molar-refractivity contribution in [3.8, 4) is 23.0 Å². The van der Waals surface area contributed by atoms with E-state index in [2.05, 4.69) is 0 Å². The number of carbonyl (C=O) groups excluding carboxylic acids is 2. The molecular weight excluding hydrogens is 753 g/mol. The van der Waals surface area contributed by atoms with Gasteiger partial charge in [0.25, 0.3) is 0 Å². The van der Waals surface area contributed by atoms with Gasteiger partial charge in [-0.25, -0.2) is 17.6 Å². The SMILES string of the molecule is COc1ccc([C@H]2CC(=O)N(Cc3cc(F)cc(F)c3)C2)cc1OC1CCCC1.COc1ccc([C@H]2CC(=O)N(Cc3ccc(F)cc3F)C2)cc1OC1CCCC1. The standard InChI is InChI=1S/2C23H25F2NO3/c1-28-21-9-7-15(10-22(21)29-19-4-2-3-5-19)17-11-23(27)26(14-17)13-16-6-8-18(24)12-20(16)25;1-28-21-7-6-16(10-22(21)29-20-4-2-3-5-20)17-11-23(27)26(14-17)13-15-8-18(24)12-19(25)9-15/h6-10,12,17,19H,2-5,11,13-14H2,1H3;6-10,12,17,20H,2-5,11,13-14H2,1H3/t2*17-/m00/s1. The van der Waals surface area contributed by atoms with Crippen molar-refractivity contribution in [2.45, 2.75) is 101 Å². The normalized spacial score (nSPS) is 19.8. The first-order valence-electron chi connectivity index (χ1n) is 20.2. The van der Waals surface area contributed by atoms with E-state index in [1.54, 1.807) is 24.0 Å². The summed E-state index contributed by atoms with van der Waals surface area (Å²) in [7, 11) is 3.24. The first-order valence-corrected chi connectivity index (χ1v) is 20.2. The largest absolute Gasteiger partial charge is 0.493 e. The van der Waals surface area contributed by atoms with Crippen LogP contribution < -0.4 is 18.9 Å². The second-order valence-corrected chi connectivity index (χ2v) is 15.7. The van der Waals surface area contributed by atoms with Crippen LogP contribution in [0.5, 0.6) is 23.0 Å². The molecule has 2 aliphatic heterocycles. The van der Waals surface area contributed by atoms with Crippen molar-refractivity contribution >= 4 is 11.8 Å². The number of amides is 2. The van der Waals surface area contributed by atoms with Crippen LogP contribution in [-0.4, -0.2) is 61.1 Å². The number of ether oxygens (including phenoxy) is 4. The van der Waals surface area contributed by atoms with Gasteiger partial charge in [-0.15, -0.1) is 0 Å². The highest BCUT2D eigenvalue weighted by molar-refractivity contribution is 5.80. The van der Waals surface area contributed by atoms with Crippen LogP contribution in [0, 0.1) is 23.3 Å². The van der Waals surface area contributed by atoms with Gasteiger partial charge in [0.15, 0.2) is 23.0 Å². The van der Waals surface area contributed by atoms with Gasteiger partial charge in [-0.3, -0.25) is 9.59 Å². The highest BCUT2D eigenvalue weighted by atomic mass is 19.1. The highest BCUT2D eigenvalue weighted by Gasteiger charge is 2.33. The summed E-state index contributed by atoms with van der Waals surface area (Å²) >= 11 is 0. The van der Waals surface area contributed by atoms with Gasteiger partial charge < -0.3 is 28.7 Å². The van der Waals surface area contributed by atoms with Crippen LogP contribution in [0.4, 0.5) is 17.6 Å². The molecule has 0 spiro atoms. The third-order valence-electron chi connectivity index (χ3n) is 11.6. The van der Waals surface area contributed by atoms with Gasteiger partial charge in [0.1, 0.15) is 23.3 Å². The first kappa shape index (κ1) is 40.9. The Morgan fingerprint density at radius 3 is 1.50 bits per heavy atom. The maximum absolute atomic E-state index is 14.0. The molecule has 2 saturated carbocycles. The molecule has 2 heterocycles. The summed E-state index contributed by atoms with van der Waals surface area (Å²) in [4.78, 5) is 28.3. The minimum absolute atomic E-state index is 0.00263. The lowest BCUT2D eigenvalue weighted by molar-refractivity contribution is -0.129. The van der Waals surface area contributed by atoms with E-state index in [1.165, 1.54) is 49.9 Å². The zero-order valence-electron chi connectivity index (χ0n) is 33.0. The quantitative estimate of drug-likeness (QED) is 0.133. The van der Waals surface area contributed by atoms with E-state index in [0.29, 0.717) is 54.3 Å². The van der Waals surface area contributed by atoms with Crippen molar-refractivity contribution in [1.29, 1.82) is 0 Å². The van der Waals surface area contributed by atoms with E-state index in [1.807, 2.05) is 36.4 Å². The second-order valence-electron chi connectivity index (χ2n) is 15.7. The maximum atomic E-state index is 14.0. The number of hydrogen-bond acceptors (Lipinski definition) is 6. The minimum atomic E-state index is -0.632. The van der Waals surface area contributed by atoms with E-state index < -0.39 is 23.3 Å². The summed E-state index contributed by atoms with van der Waals surface area (Å²) in [6.07, 6.45) is 10.1. The molecule has 308 valence electrons. The fourth-order valence-corrected chi connectivity index (χ4v) is 8.52. The third-order valence-corrected chi connectivity index (χ3v) is 11.6. The molecule has 2 atom stereocenters. The Kier molecular flexibility index (Phi) is 13.1. The molecule has 12 heteroatoms. The molecule has 8 rings (SSSR count). The van der Waals surface area contributed by atoms with E-state index >= 15 is 0 Å². The summed E-state index contributed by atoms with van der Waals surface area (Å²) in [5.74, 6) is 0.263. The number of nitrogens with zero attached hydrogens (tertiary/aromatic N) is 2. The number of rotatable bonds is 12. The van der Waals surface area contributed by atoms with Gasteiger partial charge in [0, 0.05) is 68.6 Å². The van der Waals surface area contributed by atoms with Gasteiger partial charge in [-0.1, -0.05) is 18.2 Å². The van der Waals surface area contributed by atoms with Crippen LogP contribution in [0.15, 0.2) is 72.8 Å². The Balaban J connectivity index is 0.000000177. The van der Waals surface area contributed by atoms with Crippen molar-refractivity contribution in [2.75, 3.05) is 27.3 Å². The Morgan fingerprint density at radius 2 is 1.03 bits per heavy atom. The van der Waals surface area contributed by atoms with Crippen LogP contribution in [0.3, 0.4) is 0 Å². The van der Waals surface area contributed by atoms with Crippen molar-refractivity contribution in [3.05, 3.63) is 118 Å². The van der Waals surface area contributed by atoms with Crippen LogP contribution in [-0.2, 0) is 22.7 Å². The van der Waals surface area contributed by atoms with Crippen molar-refractivity contribution in [2.24, 2.45) is 0 Å². The van der Waals surface area contributed by atoms with Crippen LogP contribution in [0.2, 0.25) is 0 Å². The van der Waals surface area contributed by atoms with E-state index in [9.17, 15) is 27.2 Å². The smallest absolute Gasteiger partial charge is 0.223 e. The molecule has 4 aromatic carbocycles. The van der Waals surface area contributed by atoms with Gasteiger partial charge in [0.05, 0.1) is 26.4 Å². The average molecular weight is 803 g/mol. The van der Waals surface area contributed by atoms with E-state index in [4.69, 9.17) is 18.9 Å². The maximum Gasteiger partial charge on any atom is 0.223 e. The molecule has 2 aliphatic carbocycles. The predicted molar refractivity (Wildman–Crippen MR) is 210 cm³/mol. The summed E-state index contributed by atoms with van der Waals surface area (Å²) in [5, 5.41) is 0. The number of likely N-dealkylation sites (tertiary alicyclic amines) is 2. The molecule has 0 radical (unpaired) electrons. The van der Waals surface area contributed by atoms with Gasteiger partial charge in [-0.05, 0) is 111 Å². The molecule has 4 fully saturated rings. The molecule has 2 saturated heterocycles.